The number of halogens is 1. The molecule has 1 saturated carbocycles. The van der Waals surface area contributed by atoms with Crippen molar-refractivity contribution in [2.45, 2.75) is 37.6 Å². The molecule has 0 aromatic heterocycles. The van der Waals surface area contributed by atoms with Gasteiger partial charge in [-0.3, -0.25) is 4.79 Å². The molecule has 0 heterocycles. The van der Waals surface area contributed by atoms with Crippen molar-refractivity contribution >= 4 is 21.8 Å². The van der Waals surface area contributed by atoms with Crippen LogP contribution in [0.4, 0.5) is 0 Å². The molecule has 1 fully saturated rings. The highest BCUT2D eigenvalue weighted by Gasteiger charge is 2.33. The van der Waals surface area contributed by atoms with E-state index in [4.69, 9.17) is 4.74 Å². The van der Waals surface area contributed by atoms with Crippen LogP contribution in [0.3, 0.4) is 0 Å². The number of para-hydroxylation sites is 1. The number of benzene rings is 1. The molecule has 1 aliphatic carbocycles. The van der Waals surface area contributed by atoms with Crippen molar-refractivity contribution in [3.63, 3.8) is 0 Å². The summed E-state index contributed by atoms with van der Waals surface area (Å²) in [6, 6.07) is 9.63. The Bertz CT molecular complexity index is 519. The average molecular weight is 337 g/mol. The molecular weight excluding hydrogens is 320 g/mol. The van der Waals surface area contributed by atoms with Gasteiger partial charge in [-0.25, -0.2) is 0 Å². The molecule has 5 heteroatoms. The zero-order valence-corrected chi connectivity index (χ0v) is 12.8. The molecule has 1 N–H and O–H groups in total. The predicted molar refractivity (Wildman–Crippen MR) is 79.2 cm³/mol. The summed E-state index contributed by atoms with van der Waals surface area (Å²) in [6.45, 7) is -0.0773. The Balaban J connectivity index is 1.89. The molecule has 0 aliphatic heterocycles. The van der Waals surface area contributed by atoms with E-state index in [1.54, 1.807) is 6.07 Å². The standard InChI is InChI=1S/C15H17BrN2O2/c16-12-6-2-3-7-13(12)20-10-14(19)18-15(11-17)8-4-1-5-9-15/h2-3,6-7H,1,4-5,8-10H2,(H,18,19). The van der Waals surface area contributed by atoms with Gasteiger partial charge in [-0.15, -0.1) is 0 Å². The molecule has 4 nitrogen and oxygen atoms in total. The van der Waals surface area contributed by atoms with Crippen LogP contribution >= 0.6 is 15.9 Å². The molecule has 106 valence electrons. The zero-order valence-electron chi connectivity index (χ0n) is 11.2. The van der Waals surface area contributed by atoms with Gasteiger partial charge in [0.2, 0.25) is 0 Å². The third-order valence-electron chi connectivity index (χ3n) is 3.50. The fraction of sp³-hybridized carbons (Fsp3) is 0.467. The van der Waals surface area contributed by atoms with Crippen LogP contribution in [0, 0.1) is 11.3 Å². The van der Waals surface area contributed by atoms with Crippen LogP contribution in [0.5, 0.6) is 5.75 Å². The summed E-state index contributed by atoms with van der Waals surface area (Å²) in [5, 5.41) is 12.1. The van der Waals surface area contributed by atoms with Gasteiger partial charge in [-0.2, -0.15) is 5.26 Å². The number of hydrogen-bond donors (Lipinski definition) is 1. The Kier molecular flexibility index (Phi) is 5.02. The lowest BCUT2D eigenvalue weighted by Gasteiger charge is -2.31. The molecule has 20 heavy (non-hydrogen) atoms. The summed E-state index contributed by atoms with van der Waals surface area (Å²) < 4.78 is 6.27. The molecule has 2 rings (SSSR count). The lowest BCUT2D eigenvalue weighted by molar-refractivity contribution is -0.124. The molecule has 0 bridgehead atoms. The Morgan fingerprint density at radius 2 is 2.05 bits per heavy atom. The largest absolute Gasteiger partial charge is 0.483 e. The first-order valence-corrected chi connectivity index (χ1v) is 7.54. The van der Waals surface area contributed by atoms with E-state index in [0.717, 1.165) is 36.6 Å². The van der Waals surface area contributed by atoms with E-state index in [0.29, 0.717) is 5.75 Å². The van der Waals surface area contributed by atoms with Crippen molar-refractivity contribution in [2.24, 2.45) is 0 Å². The number of carbonyl (C=O) groups excluding carboxylic acids is 1. The Hall–Kier alpha value is -1.54. The number of rotatable bonds is 4. The van der Waals surface area contributed by atoms with Crippen LogP contribution in [0.1, 0.15) is 32.1 Å². The first-order chi connectivity index (χ1) is 9.65. The maximum Gasteiger partial charge on any atom is 0.259 e. The van der Waals surface area contributed by atoms with Crippen LogP contribution in [-0.4, -0.2) is 18.1 Å². The first kappa shape index (κ1) is 14.9. The second-order valence-electron chi connectivity index (χ2n) is 5.02. The van der Waals surface area contributed by atoms with Crippen molar-refractivity contribution in [1.82, 2.24) is 5.32 Å². The van der Waals surface area contributed by atoms with E-state index in [1.165, 1.54) is 0 Å². The van der Waals surface area contributed by atoms with Gasteiger partial charge in [0.1, 0.15) is 11.3 Å². The van der Waals surface area contributed by atoms with Gasteiger partial charge in [0.15, 0.2) is 6.61 Å². The Morgan fingerprint density at radius 3 is 2.70 bits per heavy atom. The molecule has 1 aromatic rings. The van der Waals surface area contributed by atoms with Gasteiger partial charge in [0.25, 0.3) is 5.91 Å². The average Bonchev–Trinajstić information content (AvgIpc) is 2.47. The Labute approximate surface area is 127 Å². The van der Waals surface area contributed by atoms with E-state index >= 15 is 0 Å². The molecule has 0 unspecified atom stereocenters. The third kappa shape index (κ3) is 3.73. The van der Waals surface area contributed by atoms with E-state index in [9.17, 15) is 10.1 Å². The summed E-state index contributed by atoms with van der Waals surface area (Å²) in [7, 11) is 0. The van der Waals surface area contributed by atoms with Crippen LogP contribution in [-0.2, 0) is 4.79 Å². The number of hydrogen-bond acceptors (Lipinski definition) is 3. The number of nitrogens with zero attached hydrogens (tertiary/aromatic N) is 1. The van der Waals surface area contributed by atoms with E-state index in [2.05, 4.69) is 27.3 Å². The van der Waals surface area contributed by atoms with Crippen LogP contribution in [0.25, 0.3) is 0 Å². The van der Waals surface area contributed by atoms with Crippen molar-refractivity contribution in [3.8, 4) is 11.8 Å². The van der Waals surface area contributed by atoms with Gasteiger partial charge < -0.3 is 10.1 Å². The van der Waals surface area contributed by atoms with Gasteiger partial charge in [-0.05, 0) is 40.9 Å². The minimum Gasteiger partial charge on any atom is -0.483 e. The van der Waals surface area contributed by atoms with Crippen LogP contribution < -0.4 is 10.1 Å². The monoisotopic (exact) mass is 336 g/mol. The highest BCUT2D eigenvalue weighted by atomic mass is 79.9. The topological polar surface area (TPSA) is 62.1 Å². The van der Waals surface area contributed by atoms with Gasteiger partial charge in [0, 0.05) is 0 Å². The van der Waals surface area contributed by atoms with Crippen molar-refractivity contribution < 1.29 is 9.53 Å². The second kappa shape index (κ2) is 6.76. The SMILES string of the molecule is N#CC1(NC(=O)COc2ccccc2Br)CCCCC1. The molecule has 1 amide bonds. The zero-order chi connectivity index (χ0) is 14.4. The first-order valence-electron chi connectivity index (χ1n) is 6.75. The lowest BCUT2D eigenvalue weighted by Crippen LogP contribution is -2.50. The van der Waals surface area contributed by atoms with E-state index < -0.39 is 5.54 Å². The molecule has 0 spiro atoms. The Morgan fingerprint density at radius 1 is 1.35 bits per heavy atom. The molecule has 0 radical (unpaired) electrons. The van der Waals surface area contributed by atoms with Gasteiger partial charge in [-0.1, -0.05) is 31.4 Å². The second-order valence-corrected chi connectivity index (χ2v) is 5.88. The van der Waals surface area contributed by atoms with Crippen LogP contribution in [0.15, 0.2) is 28.7 Å². The van der Waals surface area contributed by atoms with Gasteiger partial charge >= 0.3 is 0 Å². The van der Waals surface area contributed by atoms with Gasteiger partial charge in [0.05, 0.1) is 10.5 Å². The smallest absolute Gasteiger partial charge is 0.259 e. The summed E-state index contributed by atoms with van der Waals surface area (Å²) in [4.78, 5) is 12.0. The maximum absolute atomic E-state index is 12.0. The quantitative estimate of drug-likeness (QED) is 0.918. The van der Waals surface area contributed by atoms with E-state index in [-0.39, 0.29) is 12.5 Å². The fourth-order valence-corrected chi connectivity index (χ4v) is 2.83. The third-order valence-corrected chi connectivity index (χ3v) is 4.15. The number of ether oxygens (including phenoxy) is 1. The number of carbonyl (C=O) groups is 1. The minimum atomic E-state index is -0.702. The van der Waals surface area contributed by atoms with Crippen molar-refractivity contribution in [2.75, 3.05) is 6.61 Å². The molecular formula is C15H17BrN2O2. The summed E-state index contributed by atoms with van der Waals surface area (Å²) >= 11 is 3.36. The predicted octanol–water partition coefficient (Wildman–Crippen LogP) is 3.17. The minimum absolute atomic E-state index is 0.0773. The number of amides is 1. The summed E-state index contributed by atoms with van der Waals surface area (Å²) in [6.07, 6.45) is 4.55. The molecule has 1 aromatic carbocycles. The number of nitrogens with one attached hydrogen (secondary N) is 1. The normalized spacial score (nSPS) is 17.0. The molecule has 0 saturated heterocycles. The highest BCUT2D eigenvalue weighted by Crippen LogP contribution is 2.27. The van der Waals surface area contributed by atoms with E-state index in [1.807, 2.05) is 18.2 Å². The summed E-state index contributed by atoms with van der Waals surface area (Å²) in [5.41, 5.74) is -0.702. The number of nitriles is 1. The maximum atomic E-state index is 12.0. The van der Waals surface area contributed by atoms with Crippen LogP contribution in [0.2, 0.25) is 0 Å². The van der Waals surface area contributed by atoms with Crippen molar-refractivity contribution in [3.05, 3.63) is 28.7 Å². The molecule has 0 atom stereocenters. The molecule has 1 aliphatic rings. The fourth-order valence-electron chi connectivity index (χ4n) is 2.43. The highest BCUT2D eigenvalue weighted by molar-refractivity contribution is 9.10. The summed E-state index contributed by atoms with van der Waals surface area (Å²) in [5.74, 6) is 0.376. The van der Waals surface area contributed by atoms with Crippen molar-refractivity contribution in [1.29, 1.82) is 5.26 Å². The lowest BCUT2D eigenvalue weighted by atomic mass is 9.83.